The second kappa shape index (κ2) is 6.26. The Hall–Kier alpha value is -1.89. The molecule has 114 valence electrons. The molecule has 7 nitrogen and oxygen atoms in total. The van der Waals surface area contributed by atoms with Crippen molar-refractivity contribution in [3.05, 3.63) is 29.1 Å². The summed E-state index contributed by atoms with van der Waals surface area (Å²) in [4.78, 5) is 16.6. The van der Waals surface area contributed by atoms with Crippen molar-refractivity contribution < 1.29 is 4.79 Å². The van der Waals surface area contributed by atoms with E-state index >= 15 is 0 Å². The fraction of sp³-hybridized carbons (Fsp3) is 0.538. The van der Waals surface area contributed by atoms with Crippen LogP contribution in [0.15, 0.2) is 12.5 Å². The van der Waals surface area contributed by atoms with Gasteiger partial charge in [0.05, 0.1) is 11.1 Å². The van der Waals surface area contributed by atoms with Crippen molar-refractivity contribution in [2.45, 2.75) is 26.3 Å². The van der Waals surface area contributed by atoms with Crippen molar-refractivity contribution in [1.82, 2.24) is 29.9 Å². The predicted molar refractivity (Wildman–Crippen MR) is 78.9 cm³/mol. The number of nitrogens with one attached hydrogen (secondary N) is 1. The van der Waals surface area contributed by atoms with Crippen LogP contribution in [0, 0.1) is 5.92 Å². The molecular formula is C13H19ClN6O. The molecule has 0 saturated carbocycles. The molecule has 1 unspecified atom stereocenters. The van der Waals surface area contributed by atoms with Gasteiger partial charge in [-0.3, -0.25) is 14.2 Å². The number of halogens is 1. The Kier molecular flexibility index (Phi) is 4.62. The van der Waals surface area contributed by atoms with E-state index in [0.717, 1.165) is 6.42 Å². The highest BCUT2D eigenvalue weighted by Gasteiger charge is 2.23. The van der Waals surface area contributed by atoms with Crippen LogP contribution in [0.1, 0.15) is 42.6 Å². The van der Waals surface area contributed by atoms with Gasteiger partial charge in [-0.15, -0.1) is 0 Å². The van der Waals surface area contributed by atoms with Gasteiger partial charge in [-0.05, 0) is 12.3 Å². The maximum absolute atomic E-state index is 12.3. The lowest BCUT2D eigenvalue weighted by Gasteiger charge is -2.19. The van der Waals surface area contributed by atoms with Crippen LogP contribution in [-0.2, 0) is 14.1 Å². The normalized spacial score (nSPS) is 12.7. The Balaban J connectivity index is 2.21. The molecule has 2 rings (SSSR count). The van der Waals surface area contributed by atoms with Crippen LogP contribution in [-0.4, -0.2) is 30.5 Å². The maximum atomic E-state index is 12.3. The molecule has 0 spiro atoms. The van der Waals surface area contributed by atoms with Crippen LogP contribution in [0.3, 0.4) is 0 Å². The molecule has 1 amide bonds. The third kappa shape index (κ3) is 3.60. The van der Waals surface area contributed by atoms with Crippen LogP contribution < -0.4 is 5.32 Å². The number of nitrogens with zero attached hydrogens (tertiary/aromatic N) is 5. The lowest BCUT2D eigenvalue weighted by molar-refractivity contribution is 0.0923. The summed E-state index contributed by atoms with van der Waals surface area (Å²) in [5, 5.41) is 11.4. The predicted octanol–water partition coefficient (Wildman–Crippen LogP) is 1.72. The number of carbonyl (C=O) groups is 1. The average molecular weight is 311 g/mol. The molecule has 21 heavy (non-hydrogen) atoms. The van der Waals surface area contributed by atoms with Gasteiger partial charge in [0.2, 0.25) is 0 Å². The number of hydrogen-bond acceptors (Lipinski definition) is 4. The number of aryl methyl sites for hydroxylation is 2. The quantitative estimate of drug-likeness (QED) is 0.912. The second-order valence-corrected chi connectivity index (χ2v) is 5.80. The van der Waals surface area contributed by atoms with E-state index in [1.165, 1.54) is 11.0 Å². The van der Waals surface area contributed by atoms with Gasteiger partial charge in [-0.2, -0.15) is 10.2 Å². The number of rotatable bonds is 5. The zero-order valence-electron chi connectivity index (χ0n) is 12.5. The zero-order chi connectivity index (χ0) is 15.6. The molecule has 0 aliphatic rings. The zero-order valence-corrected chi connectivity index (χ0v) is 13.3. The fourth-order valence-corrected chi connectivity index (χ4v) is 2.43. The summed E-state index contributed by atoms with van der Waals surface area (Å²) in [7, 11) is 3.52. The first-order valence-electron chi connectivity index (χ1n) is 6.72. The highest BCUT2D eigenvalue weighted by atomic mass is 35.5. The van der Waals surface area contributed by atoms with E-state index in [-0.39, 0.29) is 17.6 Å². The summed E-state index contributed by atoms with van der Waals surface area (Å²) >= 11 is 6.01. The Morgan fingerprint density at radius 3 is 2.62 bits per heavy atom. The van der Waals surface area contributed by atoms with Crippen molar-refractivity contribution in [3.63, 3.8) is 0 Å². The van der Waals surface area contributed by atoms with Crippen LogP contribution in [0.5, 0.6) is 0 Å². The molecule has 0 saturated heterocycles. The summed E-state index contributed by atoms with van der Waals surface area (Å²) < 4.78 is 3.17. The van der Waals surface area contributed by atoms with Gasteiger partial charge in [0.1, 0.15) is 12.2 Å². The van der Waals surface area contributed by atoms with Crippen LogP contribution >= 0.6 is 11.6 Å². The van der Waals surface area contributed by atoms with E-state index < -0.39 is 0 Å². The highest BCUT2D eigenvalue weighted by Crippen LogP contribution is 2.21. The first kappa shape index (κ1) is 15.5. The fourth-order valence-electron chi connectivity index (χ4n) is 2.16. The molecule has 8 heteroatoms. The van der Waals surface area contributed by atoms with Gasteiger partial charge in [0, 0.05) is 20.3 Å². The molecule has 1 atom stereocenters. The SMILES string of the molecule is CC(C)CC(NC(=O)c1nn(C)cc1Cl)c1ncnn1C. The largest absolute Gasteiger partial charge is 0.341 e. The minimum absolute atomic E-state index is 0.218. The Morgan fingerprint density at radius 2 is 2.14 bits per heavy atom. The Morgan fingerprint density at radius 1 is 1.43 bits per heavy atom. The molecule has 2 aromatic heterocycles. The lowest BCUT2D eigenvalue weighted by Crippen LogP contribution is -2.32. The van der Waals surface area contributed by atoms with E-state index in [9.17, 15) is 4.79 Å². The Labute approximate surface area is 128 Å². The van der Waals surface area contributed by atoms with E-state index in [1.54, 1.807) is 25.0 Å². The van der Waals surface area contributed by atoms with Crippen LogP contribution in [0.25, 0.3) is 0 Å². The summed E-state index contributed by atoms with van der Waals surface area (Å²) in [6.07, 6.45) is 3.82. The molecule has 0 aromatic carbocycles. The Bertz CT molecular complexity index is 632. The van der Waals surface area contributed by atoms with Crippen molar-refractivity contribution in [1.29, 1.82) is 0 Å². The van der Waals surface area contributed by atoms with E-state index in [2.05, 4.69) is 34.3 Å². The third-order valence-corrected chi connectivity index (χ3v) is 3.35. The molecule has 0 bridgehead atoms. The second-order valence-electron chi connectivity index (χ2n) is 5.40. The number of aromatic nitrogens is 5. The summed E-state index contributed by atoms with van der Waals surface area (Å²) in [5.74, 6) is 0.796. The maximum Gasteiger partial charge on any atom is 0.273 e. The minimum Gasteiger partial charge on any atom is -0.341 e. The van der Waals surface area contributed by atoms with Gasteiger partial charge in [-0.1, -0.05) is 25.4 Å². The molecule has 0 aliphatic heterocycles. The first-order chi connectivity index (χ1) is 9.88. The smallest absolute Gasteiger partial charge is 0.273 e. The monoisotopic (exact) mass is 310 g/mol. The topological polar surface area (TPSA) is 77.6 Å². The standard InChI is InChI=1S/C13H19ClN6O/c1-8(2)5-10(12-15-7-16-20(12)4)17-13(21)11-9(14)6-19(3)18-11/h6-8,10H,5H2,1-4H3,(H,17,21). The summed E-state index contributed by atoms with van der Waals surface area (Å²) in [6, 6.07) is -0.233. The van der Waals surface area contributed by atoms with Crippen LogP contribution in [0.4, 0.5) is 0 Å². The van der Waals surface area contributed by atoms with Crippen LogP contribution in [0.2, 0.25) is 5.02 Å². The van der Waals surface area contributed by atoms with E-state index in [0.29, 0.717) is 16.8 Å². The summed E-state index contributed by atoms with van der Waals surface area (Å²) in [5.41, 5.74) is 0.218. The van der Waals surface area contributed by atoms with Crippen molar-refractivity contribution in [2.75, 3.05) is 0 Å². The number of carbonyl (C=O) groups excluding carboxylic acids is 1. The van der Waals surface area contributed by atoms with Gasteiger partial charge < -0.3 is 5.32 Å². The van der Waals surface area contributed by atoms with Crippen molar-refractivity contribution in [2.24, 2.45) is 20.0 Å². The minimum atomic E-state index is -0.311. The van der Waals surface area contributed by atoms with Gasteiger partial charge in [-0.25, -0.2) is 4.98 Å². The molecule has 1 N–H and O–H groups in total. The number of amides is 1. The first-order valence-corrected chi connectivity index (χ1v) is 7.10. The van der Waals surface area contributed by atoms with E-state index in [4.69, 9.17) is 11.6 Å². The number of hydrogen-bond donors (Lipinski definition) is 1. The van der Waals surface area contributed by atoms with Gasteiger partial charge in [0.15, 0.2) is 5.69 Å². The highest BCUT2D eigenvalue weighted by molar-refractivity contribution is 6.33. The van der Waals surface area contributed by atoms with Gasteiger partial charge in [0.25, 0.3) is 5.91 Å². The van der Waals surface area contributed by atoms with E-state index in [1.807, 2.05) is 0 Å². The summed E-state index contributed by atoms with van der Waals surface area (Å²) in [6.45, 7) is 4.17. The van der Waals surface area contributed by atoms with Gasteiger partial charge >= 0.3 is 0 Å². The molecular weight excluding hydrogens is 292 g/mol. The third-order valence-electron chi connectivity index (χ3n) is 3.07. The molecule has 0 aliphatic carbocycles. The average Bonchev–Trinajstić information content (AvgIpc) is 2.93. The van der Waals surface area contributed by atoms with Crippen molar-refractivity contribution in [3.8, 4) is 0 Å². The molecule has 2 heterocycles. The van der Waals surface area contributed by atoms with Crippen molar-refractivity contribution >= 4 is 17.5 Å². The molecule has 0 radical (unpaired) electrons. The molecule has 2 aromatic rings. The molecule has 0 fully saturated rings. The lowest BCUT2D eigenvalue weighted by atomic mass is 10.0.